The molecule has 0 fully saturated rings. The molecule has 162 valence electrons. The minimum absolute atomic E-state index is 0.156. The van der Waals surface area contributed by atoms with E-state index in [1.54, 1.807) is 6.07 Å². The molecule has 2 N–H and O–H groups in total. The van der Waals surface area contributed by atoms with Crippen molar-refractivity contribution in [3.63, 3.8) is 0 Å². The van der Waals surface area contributed by atoms with Crippen LogP contribution in [0.15, 0.2) is 54.6 Å². The highest BCUT2D eigenvalue weighted by Crippen LogP contribution is 2.21. The van der Waals surface area contributed by atoms with Crippen molar-refractivity contribution in [1.82, 2.24) is 9.97 Å². The summed E-state index contributed by atoms with van der Waals surface area (Å²) >= 11 is 0. The topological polar surface area (TPSA) is 92.5 Å². The van der Waals surface area contributed by atoms with Crippen molar-refractivity contribution in [1.29, 1.82) is 0 Å². The molecule has 0 amide bonds. The second-order valence-electron chi connectivity index (χ2n) is 7.38. The minimum Gasteiger partial charge on any atom is -0.487 e. The lowest BCUT2D eigenvalue weighted by Crippen LogP contribution is -2.05. The minimum atomic E-state index is -1.01. The maximum absolute atomic E-state index is 11.3. The van der Waals surface area contributed by atoms with Crippen LogP contribution in [0.25, 0.3) is 0 Å². The van der Waals surface area contributed by atoms with Gasteiger partial charge >= 0.3 is 5.97 Å². The summed E-state index contributed by atoms with van der Waals surface area (Å²) in [5.74, 6) is -0.214. The van der Waals surface area contributed by atoms with Crippen molar-refractivity contribution >= 4 is 5.97 Å². The number of carboxylic acid groups (broad SMARTS) is 1. The predicted octanol–water partition coefficient (Wildman–Crippen LogP) is 4.37. The van der Waals surface area contributed by atoms with Crippen molar-refractivity contribution in [3.8, 4) is 5.75 Å². The van der Waals surface area contributed by atoms with Gasteiger partial charge in [0.05, 0.1) is 23.6 Å². The number of aromatic nitrogens is 2. The standard InChI is InChI=1S/C25H28N2O4/c1-2-20-12-13-24(31-17-18-8-4-3-5-9-18)23(27-20)11-7-6-10-21-14-19(25(29)30)15-22(16-28)26-21/h3-5,8-9,12-15,28H,2,6-7,10-11,16-17H2,1H3,(H,29,30). The quantitative estimate of drug-likeness (QED) is 0.448. The lowest BCUT2D eigenvalue weighted by molar-refractivity contribution is 0.0696. The Kier molecular flexibility index (Phi) is 8.12. The van der Waals surface area contributed by atoms with Crippen LogP contribution in [-0.2, 0) is 32.5 Å². The molecule has 0 unspecified atom stereocenters. The van der Waals surface area contributed by atoms with Gasteiger partial charge in [-0.15, -0.1) is 0 Å². The molecule has 1 aromatic carbocycles. The summed E-state index contributed by atoms with van der Waals surface area (Å²) in [5, 5.41) is 18.6. The molecule has 0 aliphatic rings. The number of carboxylic acids is 1. The number of aromatic carboxylic acids is 1. The monoisotopic (exact) mass is 420 g/mol. The summed E-state index contributed by atoms with van der Waals surface area (Å²) < 4.78 is 6.04. The molecule has 0 spiro atoms. The van der Waals surface area contributed by atoms with Crippen molar-refractivity contribution in [2.45, 2.75) is 52.2 Å². The van der Waals surface area contributed by atoms with E-state index in [0.717, 1.165) is 48.4 Å². The lowest BCUT2D eigenvalue weighted by Gasteiger charge is -2.12. The third-order valence-electron chi connectivity index (χ3n) is 5.03. The summed E-state index contributed by atoms with van der Waals surface area (Å²) in [7, 11) is 0. The molecular formula is C25H28N2O4. The van der Waals surface area contributed by atoms with Crippen LogP contribution in [0, 0.1) is 0 Å². The van der Waals surface area contributed by atoms with Gasteiger partial charge in [-0.2, -0.15) is 0 Å². The van der Waals surface area contributed by atoms with Crippen molar-refractivity contribution in [2.24, 2.45) is 0 Å². The Morgan fingerprint density at radius 1 is 0.935 bits per heavy atom. The Bertz CT molecular complexity index is 1010. The van der Waals surface area contributed by atoms with Gasteiger partial charge in [0.25, 0.3) is 0 Å². The molecule has 0 saturated heterocycles. The van der Waals surface area contributed by atoms with Gasteiger partial charge in [0, 0.05) is 11.4 Å². The summed E-state index contributed by atoms with van der Waals surface area (Å²) in [6, 6.07) is 17.0. The van der Waals surface area contributed by atoms with Gasteiger partial charge in [0.1, 0.15) is 12.4 Å². The summed E-state index contributed by atoms with van der Waals surface area (Å²) in [5.41, 5.74) is 4.30. The zero-order valence-corrected chi connectivity index (χ0v) is 17.8. The van der Waals surface area contributed by atoms with E-state index in [1.807, 2.05) is 42.5 Å². The molecule has 0 radical (unpaired) electrons. The molecule has 0 aliphatic heterocycles. The van der Waals surface area contributed by atoms with Crippen LogP contribution in [0.4, 0.5) is 0 Å². The second kappa shape index (κ2) is 11.2. The molecule has 3 aromatic rings. The van der Waals surface area contributed by atoms with E-state index in [1.165, 1.54) is 6.07 Å². The van der Waals surface area contributed by atoms with Crippen molar-refractivity contribution in [2.75, 3.05) is 0 Å². The van der Waals surface area contributed by atoms with E-state index in [9.17, 15) is 15.0 Å². The number of benzene rings is 1. The van der Waals surface area contributed by atoms with Gasteiger partial charge in [0.15, 0.2) is 0 Å². The molecule has 2 aromatic heterocycles. The average molecular weight is 421 g/mol. The van der Waals surface area contributed by atoms with Crippen LogP contribution < -0.4 is 4.74 Å². The highest BCUT2D eigenvalue weighted by molar-refractivity contribution is 5.87. The van der Waals surface area contributed by atoms with Crippen LogP contribution in [-0.4, -0.2) is 26.2 Å². The van der Waals surface area contributed by atoms with Crippen LogP contribution in [0.1, 0.15) is 58.5 Å². The first-order chi connectivity index (χ1) is 15.1. The highest BCUT2D eigenvalue weighted by Gasteiger charge is 2.10. The second-order valence-corrected chi connectivity index (χ2v) is 7.38. The van der Waals surface area contributed by atoms with Crippen LogP contribution in [0.2, 0.25) is 0 Å². The number of hydrogen-bond donors (Lipinski definition) is 2. The third-order valence-corrected chi connectivity index (χ3v) is 5.03. The van der Waals surface area contributed by atoms with Gasteiger partial charge in [-0.3, -0.25) is 9.97 Å². The number of rotatable bonds is 11. The molecule has 6 heteroatoms. The number of ether oxygens (including phenoxy) is 1. The predicted molar refractivity (Wildman–Crippen MR) is 118 cm³/mol. The largest absolute Gasteiger partial charge is 0.487 e. The molecule has 6 nitrogen and oxygen atoms in total. The van der Waals surface area contributed by atoms with E-state index in [0.29, 0.717) is 24.4 Å². The van der Waals surface area contributed by atoms with Crippen molar-refractivity contribution in [3.05, 3.63) is 88.5 Å². The normalized spacial score (nSPS) is 10.8. The zero-order chi connectivity index (χ0) is 22.1. The highest BCUT2D eigenvalue weighted by atomic mass is 16.5. The molecule has 0 aliphatic carbocycles. The number of pyridine rings is 2. The van der Waals surface area contributed by atoms with Gasteiger partial charge in [-0.25, -0.2) is 4.79 Å². The SMILES string of the molecule is CCc1ccc(OCc2ccccc2)c(CCCCc2cc(C(=O)O)cc(CO)n2)n1. The van der Waals surface area contributed by atoms with Crippen LogP contribution in [0.5, 0.6) is 5.75 Å². The average Bonchev–Trinajstić information content (AvgIpc) is 2.81. The maximum atomic E-state index is 11.3. The molecule has 0 bridgehead atoms. The summed E-state index contributed by atoms with van der Waals surface area (Å²) in [6.07, 6.45) is 3.97. The Morgan fingerprint density at radius 2 is 1.68 bits per heavy atom. The fourth-order valence-corrected chi connectivity index (χ4v) is 3.36. The lowest BCUT2D eigenvalue weighted by atomic mass is 10.1. The Morgan fingerprint density at radius 3 is 2.39 bits per heavy atom. The number of nitrogens with zero attached hydrogens (tertiary/aromatic N) is 2. The molecular weight excluding hydrogens is 392 g/mol. The zero-order valence-electron chi connectivity index (χ0n) is 17.8. The van der Waals surface area contributed by atoms with Crippen LogP contribution in [0.3, 0.4) is 0 Å². The first-order valence-electron chi connectivity index (χ1n) is 10.6. The molecule has 3 rings (SSSR count). The molecule has 0 atom stereocenters. The third kappa shape index (κ3) is 6.62. The van der Waals surface area contributed by atoms with Crippen LogP contribution >= 0.6 is 0 Å². The first kappa shape index (κ1) is 22.4. The van der Waals surface area contributed by atoms with E-state index < -0.39 is 5.97 Å². The number of aliphatic hydroxyl groups excluding tert-OH is 1. The Balaban J connectivity index is 1.61. The fourth-order valence-electron chi connectivity index (χ4n) is 3.36. The Hall–Kier alpha value is -3.25. The van der Waals surface area contributed by atoms with E-state index in [-0.39, 0.29) is 12.2 Å². The molecule has 2 heterocycles. The first-order valence-corrected chi connectivity index (χ1v) is 10.6. The number of aliphatic hydroxyl groups is 1. The number of unbranched alkanes of at least 4 members (excludes halogenated alkanes) is 1. The van der Waals surface area contributed by atoms with Gasteiger partial charge in [0.2, 0.25) is 0 Å². The fraction of sp³-hybridized carbons (Fsp3) is 0.320. The van der Waals surface area contributed by atoms with Gasteiger partial charge < -0.3 is 14.9 Å². The number of hydrogen-bond acceptors (Lipinski definition) is 5. The summed E-state index contributed by atoms with van der Waals surface area (Å²) in [4.78, 5) is 20.4. The molecule has 0 saturated carbocycles. The number of carbonyl (C=O) groups is 1. The smallest absolute Gasteiger partial charge is 0.335 e. The van der Waals surface area contributed by atoms with E-state index >= 15 is 0 Å². The Labute approximate surface area is 182 Å². The summed E-state index contributed by atoms with van der Waals surface area (Å²) in [6.45, 7) is 2.30. The van der Waals surface area contributed by atoms with E-state index in [4.69, 9.17) is 9.72 Å². The molecule has 31 heavy (non-hydrogen) atoms. The maximum Gasteiger partial charge on any atom is 0.335 e. The van der Waals surface area contributed by atoms with Crippen molar-refractivity contribution < 1.29 is 19.7 Å². The van der Waals surface area contributed by atoms with E-state index in [2.05, 4.69) is 11.9 Å². The van der Waals surface area contributed by atoms with Gasteiger partial charge in [-0.05, 0) is 61.9 Å². The van der Waals surface area contributed by atoms with Gasteiger partial charge in [-0.1, -0.05) is 37.3 Å². The number of aryl methyl sites for hydroxylation is 3.